The van der Waals surface area contributed by atoms with Crippen molar-refractivity contribution < 1.29 is 28.8 Å². The molecule has 0 spiro atoms. The van der Waals surface area contributed by atoms with Crippen molar-refractivity contribution in [3.63, 3.8) is 0 Å². The molecule has 2 saturated carbocycles. The first-order valence-electron chi connectivity index (χ1n) is 14.0. The molecule has 222 valence electrons. The highest BCUT2D eigenvalue weighted by atomic mass is 35.5. The first-order valence-corrected chi connectivity index (χ1v) is 14.8. The smallest absolute Gasteiger partial charge is 0.273 e. The van der Waals surface area contributed by atoms with E-state index in [1.807, 2.05) is 12.2 Å². The lowest BCUT2D eigenvalue weighted by Gasteiger charge is -2.37. The number of benzene rings is 3. The van der Waals surface area contributed by atoms with Crippen LogP contribution in [0.15, 0.2) is 78.9 Å². The molecule has 2 bridgehead atoms. The van der Waals surface area contributed by atoms with Crippen molar-refractivity contribution in [1.82, 2.24) is 10.0 Å². The fourth-order valence-corrected chi connectivity index (χ4v) is 7.20. The normalized spacial score (nSPS) is 25.8. The van der Waals surface area contributed by atoms with Gasteiger partial charge in [0.25, 0.3) is 23.4 Å². The van der Waals surface area contributed by atoms with E-state index in [1.54, 1.807) is 0 Å². The number of hydrazine groups is 1. The van der Waals surface area contributed by atoms with Crippen molar-refractivity contribution >= 4 is 52.4 Å². The van der Waals surface area contributed by atoms with Crippen LogP contribution in [0, 0.1) is 45.6 Å². The van der Waals surface area contributed by atoms with Gasteiger partial charge in [-0.15, -0.1) is 0 Å². The van der Waals surface area contributed by atoms with E-state index in [0.717, 1.165) is 16.4 Å². The van der Waals surface area contributed by atoms with Crippen molar-refractivity contribution in [2.24, 2.45) is 35.5 Å². The van der Waals surface area contributed by atoms with Gasteiger partial charge >= 0.3 is 0 Å². The molecule has 0 unspecified atom stereocenters. The Bertz CT molecular complexity index is 1740. The van der Waals surface area contributed by atoms with E-state index < -0.39 is 46.8 Å². The lowest BCUT2D eigenvalue weighted by Crippen LogP contribution is -2.52. The summed E-state index contributed by atoms with van der Waals surface area (Å²) in [6.45, 7) is -0.575. The van der Waals surface area contributed by atoms with Gasteiger partial charge in [0.2, 0.25) is 0 Å². The second-order valence-electron chi connectivity index (χ2n) is 11.4. The number of Topliss-reactive ketones (excluding diaryl/α,β-unsaturated/α-hetero) is 1. The Labute approximate surface area is 260 Å². The predicted molar refractivity (Wildman–Crippen MR) is 158 cm³/mol. The van der Waals surface area contributed by atoms with E-state index in [0.29, 0.717) is 23.3 Å². The fraction of sp³-hybridized carbons (Fsp3) is 0.250. The molecule has 3 fully saturated rings. The number of allylic oxidation sites excluding steroid dienone is 2. The number of rotatable bonds is 8. The van der Waals surface area contributed by atoms with E-state index in [-0.39, 0.29) is 38.7 Å². The van der Waals surface area contributed by atoms with Gasteiger partial charge in [0.05, 0.1) is 26.8 Å². The van der Waals surface area contributed by atoms with Gasteiger partial charge in [0, 0.05) is 23.3 Å². The zero-order valence-corrected chi connectivity index (χ0v) is 24.4. The summed E-state index contributed by atoms with van der Waals surface area (Å²) >= 11 is 12.2. The van der Waals surface area contributed by atoms with Crippen LogP contribution in [0.2, 0.25) is 10.0 Å². The molecule has 6 atom stereocenters. The van der Waals surface area contributed by atoms with Crippen LogP contribution in [-0.2, 0) is 9.59 Å². The van der Waals surface area contributed by atoms with Crippen LogP contribution in [0.25, 0.3) is 0 Å². The minimum Gasteiger partial charge on any atom is -0.457 e. The summed E-state index contributed by atoms with van der Waals surface area (Å²) in [5.41, 5.74) is 0.208. The van der Waals surface area contributed by atoms with Crippen molar-refractivity contribution in [1.29, 1.82) is 0 Å². The molecule has 5 aliphatic rings. The summed E-state index contributed by atoms with van der Waals surface area (Å²) in [7, 11) is 0. The van der Waals surface area contributed by atoms with Crippen LogP contribution in [0.1, 0.15) is 27.1 Å². The molecule has 0 aromatic heterocycles. The second kappa shape index (κ2) is 10.6. The number of nitro benzene ring substituents is 1. The van der Waals surface area contributed by atoms with Crippen LogP contribution in [0.5, 0.6) is 11.5 Å². The highest BCUT2D eigenvalue weighted by Crippen LogP contribution is 2.65. The maximum atomic E-state index is 13.9. The highest BCUT2D eigenvalue weighted by molar-refractivity contribution is 6.42. The number of imide groups is 1. The lowest BCUT2D eigenvalue weighted by molar-refractivity contribution is -0.384. The van der Waals surface area contributed by atoms with Gasteiger partial charge in [0.15, 0.2) is 5.78 Å². The van der Waals surface area contributed by atoms with Crippen LogP contribution in [0.4, 0.5) is 5.69 Å². The molecule has 3 amide bonds. The molecule has 3 aromatic carbocycles. The Kier molecular flexibility index (Phi) is 6.78. The molecule has 8 rings (SSSR count). The van der Waals surface area contributed by atoms with Crippen LogP contribution in [0.3, 0.4) is 0 Å². The number of nitrogens with zero attached hydrogens (tertiary/aromatic N) is 3. The first-order chi connectivity index (χ1) is 21.1. The number of ketones is 1. The Morgan fingerprint density at radius 3 is 1.93 bits per heavy atom. The Morgan fingerprint density at radius 1 is 0.841 bits per heavy atom. The number of hydrogen-bond acceptors (Lipinski definition) is 7. The number of nitro groups is 1. The third-order valence-electron chi connectivity index (χ3n) is 9.03. The van der Waals surface area contributed by atoms with E-state index >= 15 is 0 Å². The summed E-state index contributed by atoms with van der Waals surface area (Å²) in [6, 6.07) is 15.8. The summed E-state index contributed by atoms with van der Waals surface area (Å²) < 4.78 is 5.72. The molecule has 3 aromatic rings. The maximum Gasteiger partial charge on any atom is 0.273 e. The SMILES string of the molecule is O=C(CN(C(=O)c1ccc(Cl)c(Cl)c1)N1C(=O)[C@@H]2[C@H]3C=C[C@@H]([C@@H]4C[C@H]34)[C@@H]2C1=O)c1ccc(Oc2ccc([N+](=O)[O-])cc2)cc1. The van der Waals surface area contributed by atoms with Crippen LogP contribution in [-0.4, -0.2) is 45.0 Å². The van der Waals surface area contributed by atoms with Crippen molar-refractivity contribution in [3.8, 4) is 11.5 Å². The average Bonchev–Trinajstić information content (AvgIpc) is 3.80. The highest BCUT2D eigenvalue weighted by Gasteiger charge is 2.68. The van der Waals surface area contributed by atoms with E-state index in [2.05, 4.69) is 0 Å². The molecule has 44 heavy (non-hydrogen) atoms. The predicted octanol–water partition coefficient (Wildman–Crippen LogP) is 5.99. The number of hydrogen-bond donors (Lipinski definition) is 0. The zero-order valence-electron chi connectivity index (χ0n) is 22.8. The molecular weight excluding hydrogens is 609 g/mol. The topological polar surface area (TPSA) is 127 Å². The zero-order chi connectivity index (χ0) is 30.9. The molecule has 1 saturated heterocycles. The third-order valence-corrected chi connectivity index (χ3v) is 9.77. The first kappa shape index (κ1) is 28.2. The molecule has 4 aliphatic carbocycles. The Balaban J connectivity index is 1.15. The minimum atomic E-state index is -0.735. The van der Waals surface area contributed by atoms with Crippen molar-refractivity contribution in [2.45, 2.75) is 6.42 Å². The number of ether oxygens (including phenoxy) is 1. The monoisotopic (exact) mass is 631 g/mol. The lowest BCUT2D eigenvalue weighted by atomic mass is 9.63. The minimum absolute atomic E-state index is 0.0580. The molecule has 0 N–H and O–H groups in total. The van der Waals surface area contributed by atoms with E-state index in [4.69, 9.17) is 27.9 Å². The maximum absolute atomic E-state index is 13.9. The standard InChI is InChI=1S/C32H23Cl2N3O7/c33-25-12-3-17(13-26(25)34)30(39)35(36-31(40)28-21-10-11-22(24-14-23(21)24)29(28)32(36)41)15-27(38)16-1-6-19(7-2-16)44-20-8-4-18(5-9-20)37(42)43/h1-13,21-24,28-29H,14-15H2/t21-,22-,23-,24+,28-,29+/m0/s1. The summed E-state index contributed by atoms with van der Waals surface area (Å²) in [6.07, 6.45) is 5.06. The second-order valence-corrected chi connectivity index (χ2v) is 12.2. The molecular formula is C32H23Cl2N3O7. The van der Waals surface area contributed by atoms with E-state index in [1.165, 1.54) is 66.7 Å². The fourth-order valence-electron chi connectivity index (χ4n) is 6.90. The molecule has 0 radical (unpaired) electrons. The largest absolute Gasteiger partial charge is 0.457 e. The average molecular weight is 632 g/mol. The van der Waals surface area contributed by atoms with Crippen molar-refractivity contribution in [2.75, 3.05) is 6.54 Å². The van der Waals surface area contributed by atoms with Gasteiger partial charge in [0.1, 0.15) is 18.0 Å². The van der Waals surface area contributed by atoms with Gasteiger partial charge in [-0.05, 0) is 84.7 Å². The van der Waals surface area contributed by atoms with Gasteiger partial charge in [-0.2, -0.15) is 5.01 Å². The number of carbonyl (C=O) groups excluding carboxylic acids is 4. The van der Waals surface area contributed by atoms with Gasteiger partial charge in [-0.3, -0.25) is 29.3 Å². The quantitative estimate of drug-likeness (QED) is 0.0982. The number of non-ortho nitro benzene ring substituents is 1. The van der Waals surface area contributed by atoms with Crippen LogP contribution >= 0.6 is 23.2 Å². The molecule has 1 aliphatic heterocycles. The molecule has 10 nitrogen and oxygen atoms in total. The summed E-state index contributed by atoms with van der Waals surface area (Å²) in [4.78, 5) is 65.5. The molecule has 12 heteroatoms. The van der Waals surface area contributed by atoms with Crippen molar-refractivity contribution in [3.05, 3.63) is 110 Å². The van der Waals surface area contributed by atoms with Gasteiger partial charge < -0.3 is 4.74 Å². The Morgan fingerprint density at radius 2 is 1.39 bits per heavy atom. The third kappa shape index (κ3) is 4.65. The Hall–Kier alpha value is -4.54. The van der Waals surface area contributed by atoms with Crippen LogP contribution < -0.4 is 4.74 Å². The van der Waals surface area contributed by atoms with Gasteiger partial charge in [-0.25, -0.2) is 5.01 Å². The number of amides is 3. The molecule has 1 heterocycles. The van der Waals surface area contributed by atoms with E-state index in [9.17, 15) is 29.3 Å². The number of halogens is 2. The van der Waals surface area contributed by atoms with Gasteiger partial charge in [-0.1, -0.05) is 35.4 Å². The summed E-state index contributed by atoms with van der Waals surface area (Å²) in [5.74, 6) is -1.96. The number of carbonyl (C=O) groups is 4. The summed E-state index contributed by atoms with van der Waals surface area (Å²) in [5, 5.41) is 13.0.